The molecule has 3 saturated heterocycles. The highest BCUT2D eigenvalue weighted by Gasteiger charge is 2.50. The summed E-state index contributed by atoms with van der Waals surface area (Å²) in [6, 6.07) is 0. The standard InChI is InChI=1S/C21H25F3N8O2S/c1-2-31-16(33)13-9-25-32(14-5-3-4-8-34-14)15(13)26-18(31)29-7-6-20(10-29)11-30(12-20)19-28-27-17(35-19)21(22,23)24/h9,14H,2-8,10-12H2,1H3. The number of rotatable bonds is 4. The van der Waals surface area contributed by atoms with E-state index in [2.05, 4.69) is 20.2 Å². The van der Waals surface area contributed by atoms with Gasteiger partial charge in [-0.2, -0.15) is 23.3 Å². The third-order valence-electron chi connectivity index (χ3n) is 7.14. The molecule has 1 atom stereocenters. The minimum absolute atomic E-state index is 0.0813. The van der Waals surface area contributed by atoms with Crippen molar-refractivity contribution in [2.45, 2.75) is 51.6 Å². The molecule has 35 heavy (non-hydrogen) atoms. The third-order valence-corrected chi connectivity index (χ3v) is 8.17. The summed E-state index contributed by atoms with van der Waals surface area (Å²) in [5, 5.41) is 11.3. The summed E-state index contributed by atoms with van der Waals surface area (Å²) in [6.07, 6.45) is 0.605. The van der Waals surface area contributed by atoms with Gasteiger partial charge in [0, 0.05) is 44.7 Å². The van der Waals surface area contributed by atoms with Gasteiger partial charge < -0.3 is 14.5 Å². The lowest BCUT2D eigenvalue weighted by atomic mass is 9.79. The predicted molar refractivity (Wildman–Crippen MR) is 123 cm³/mol. The van der Waals surface area contributed by atoms with E-state index in [-0.39, 0.29) is 17.2 Å². The van der Waals surface area contributed by atoms with Crippen molar-refractivity contribution in [2.75, 3.05) is 42.6 Å². The van der Waals surface area contributed by atoms with E-state index in [1.165, 1.54) is 0 Å². The average Bonchev–Trinajstić information content (AvgIpc) is 3.55. The lowest BCUT2D eigenvalue weighted by molar-refractivity contribution is -0.138. The molecule has 188 valence electrons. The zero-order chi connectivity index (χ0) is 24.4. The number of anilines is 2. The van der Waals surface area contributed by atoms with Crippen molar-refractivity contribution in [1.29, 1.82) is 0 Å². The first kappa shape index (κ1) is 22.7. The van der Waals surface area contributed by atoms with Crippen molar-refractivity contribution in [3.8, 4) is 0 Å². The van der Waals surface area contributed by atoms with Crippen LogP contribution in [0, 0.1) is 5.41 Å². The Balaban J connectivity index is 1.25. The molecule has 6 heterocycles. The van der Waals surface area contributed by atoms with Crippen molar-refractivity contribution in [1.82, 2.24) is 29.5 Å². The van der Waals surface area contributed by atoms with Crippen LogP contribution in [0.15, 0.2) is 11.0 Å². The zero-order valence-electron chi connectivity index (χ0n) is 19.2. The summed E-state index contributed by atoms with van der Waals surface area (Å²) >= 11 is 0.574. The molecule has 0 aromatic carbocycles. The Morgan fingerprint density at radius 3 is 2.69 bits per heavy atom. The molecule has 1 spiro atoms. The van der Waals surface area contributed by atoms with Crippen LogP contribution < -0.4 is 15.4 Å². The number of hydrogen-bond acceptors (Lipinski definition) is 9. The first-order valence-electron chi connectivity index (χ1n) is 11.8. The largest absolute Gasteiger partial charge is 0.445 e. The fourth-order valence-electron chi connectivity index (χ4n) is 5.38. The molecule has 0 amide bonds. The maximum Gasteiger partial charge on any atom is 0.445 e. The summed E-state index contributed by atoms with van der Waals surface area (Å²) in [7, 11) is 0. The topological polar surface area (TPSA) is 94.2 Å². The summed E-state index contributed by atoms with van der Waals surface area (Å²) in [4.78, 5) is 22.1. The second kappa shape index (κ2) is 8.15. The van der Waals surface area contributed by atoms with Crippen molar-refractivity contribution < 1.29 is 17.9 Å². The molecule has 10 nitrogen and oxygen atoms in total. The molecule has 3 fully saturated rings. The molecule has 3 aromatic rings. The Morgan fingerprint density at radius 2 is 2.00 bits per heavy atom. The number of alkyl halides is 3. The molecule has 0 aliphatic carbocycles. The van der Waals surface area contributed by atoms with E-state index >= 15 is 0 Å². The molecule has 0 saturated carbocycles. The molecule has 3 aromatic heterocycles. The van der Waals surface area contributed by atoms with Crippen molar-refractivity contribution >= 4 is 33.5 Å². The maximum absolute atomic E-state index is 13.3. The van der Waals surface area contributed by atoms with Crippen LogP contribution >= 0.6 is 11.3 Å². The van der Waals surface area contributed by atoms with E-state index < -0.39 is 11.2 Å². The monoisotopic (exact) mass is 510 g/mol. The number of ether oxygens (including phenoxy) is 1. The van der Waals surface area contributed by atoms with Gasteiger partial charge >= 0.3 is 6.18 Å². The number of fused-ring (bicyclic) bond motifs is 1. The lowest BCUT2D eigenvalue weighted by Crippen LogP contribution is -2.58. The van der Waals surface area contributed by atoms with Crippen LogP contribution in [0.5, 0.6) is 0 Å². The van der Waals surface area contributed by atoms with Gasteiger partial charge in [-0.1, -0.05) is 11.3 Å². The highest BCUT2D eigenvalue weighted by molar-refractivity contribution is 7.15. The fraction of sp³-hybridized carbons (Fsp3) is 0.667. The van der Waals surface area contributed by atoms with E-state index in [1.807, 2.05) is 11.8 Å². The zero-order valence-corrected chi connectivity index (χ0v) is 20.0. The summed E-state index contributed by atoms with van der Waals surface area (Å²) in [6.45, 7) is 5.63. The average molecular weight is 511 g/mol. The van der Waals surface area contributed by atoms with Crippen LogP contribution in [-0.4, -0.2) is 62.3 Å². The maximum atomic E-state index is 13.3. The van der Waals surface area contributed by atoms with Gasteiger partial charge in [-0.05, 0) is 32.6 Å². The molecule has 0 bridgehead atoms. The quantitative estimate of drug-likeness (QED) is 0.529. The van der Waals surface area contributed by atoms with E-state index in [0.717, 1.165) is 25.7 Å². The third kappa shape index (κ3) is 3.77. The van der Waals surface area contributed by atoms with Crippen LogP contribution in [-0.2, 0) is 17.5 Å². The Labute approximate surface area is 202 Å². The molecule has 3 aliphatic rings. The molecule has 3 aliphatic heterocycles. The van der Waals surface area contributed by atoms with Crippen molar-refractivity contribution in [3.05, 3.63) is 21.6 Å². The van der Waals surface area contributed by atoms with Crippen molar-refractivity contribution in [2.24, 2.45) is 5.41 Å². The molecular formula is C21H25F3N8O2S. The highest BCUT2D eigenvalue weighted by Crippen LogP contribution is 2.44. The van der Waals surface area contributed by atoms with Crippen molar-refractivity contribution in [3.63, 3.8) is 0 Å². The predicted octanol–water partition coefficient (Wildman–Crippen LogP) is 2.90. The van der Waals surface area contributed by atoms with Gasteiger partial charge in [0.05, 0.1) is 6.20 Å². The first-order valence-corrected chi connectivity index (χ1v) is 12.6. The van der Waals surface area contributed by atoms with E-state index in [4.69, 9.17) is 9.72 Å². The van der Waals surface area contributed by atoms with Gasteiger partial charge in [0.15, 0.2) is 11.9 Å². The van der Waals surface area contributed by atoms with Gasteiger partial charge in [-0.3, -0.25) is 9.36 Å². The van der Waals surface area contributed by atoms with Gasteiger partial charge in [-0.25, -0.2) is 4.68 Å². The first-order chi connectivity index (χ1) is 16.8. The highest BCUT2D eigenvalue weighted by atomic mass is 32.1. The number of nitrogens with zero attached hydrogens (tertiary/aromatic N) is 8. The summed E-state index contributed by atoms with van der Waals surface area (Å²) < 4.78 is 48.0. The van der Waals surface area contributed by atoms with Crippen LogP contribution in [0.3, 0.4) is 0 Å². The molecule has 1 unspecified atom stereocenters. The van der Waals surface area contributed by atoms with E-state index in [0.29, 0.717) is 72.8 Å². The minimum atomic E-state index is -4.48. The van der Waals surface area contributed by atoms with Gasteiger partial charge in [-0.15, -0.1) is 10.2 Å². The Hall–Kier alpha value is -2.74. The van der Waals surface area contributed by atoms with E-state index in [9.17, 15) is 18.0 Å². The number of halogens is 3. The van der Waals surface area contributed by atoms with Crippen LogP contribution in [0.2, 0.25) is 0 Å². The molecule has 0 radical (unpaired) electrons. The fourth-order valence-corrected chi connectivity index (χ4v) is 6.09. The molecular weight excluding hydrogens is 485 g/mol. The van der Waals surface area contributed by atoms with Crippen LogP contribution in [0.1, 0.15) is 43.8 Å². The second-order valence-corrected chi connectivity index (χ2v) is 10.5. The van der Waals surface area contributed by atoms with Gasteiger partial charge in [0.25, 0.3) is 5.56 Å². The van der Waals surface area contributed by atoms with Gasteiger partial charge in [0.2, 0.25) is 16.1 Å². The Bertz CT molecular complexity index is 1310. The number of hydrogen-bond donors (Lipinski definition) is 0. The summed E-state index contributed by atoms with van der Waals surface area (Å²) in [5.41, 5.74) is 0.327. The van der Waals surface area contributed by atoms with Crippen LogP contribution in [0.4, 0.5) is 24.3 Å². The summed E-state index contributed by atoms with van der Waals surface area (Å²) in [5.74, 6) is 0.605. The molecule has 0 N–H and O–H groups in total. The SMILES string of the molecule is CCn1c(N2CCC3(CN(c4nnc(C(F)(F)F)s4)C3)C2)nc2c(cnn2C2CCCCO2)c1=O. The lowest BCUT2D eigenvalue weighted by Gasteiger charge is -2.47. The second-order valence-electron chi connectivity index (χ2n) is 9.52. The van der Waals surface area contributed by atoms with Gasteiger partial charge in [0.1, 0.15) is 5.39 Å². The molecule has 14 heteroatoms. The Morgan fingerprint density at radius 1 is 1.20 bits per heavy atom. The number of aromatic nitrogens is 6. The molecule has 6 rings (SSSR count). The van der Waals surface area contributed by atoms with Crippen LogP contribution in [0.25, 0.3) is 11.0 Å². The smallest absolute Gasteiger partial charge is 0.356 e. The van der Waals surface area contributed by atoms with E-state index in [1.54, 1.807) is 15.4 Å². The normalized spacial score (nSPS) is 22.3. The minimum Gasteiger partial charge on any atom is -0.356 e. The Kier molecular flexibility index (Phi) is 5.29.